The minimum atomic E-state index is -3.10. The average molecular weight is 925 g/mol. The zero-order chi connectivity index (χ0) is 43.8. The van der Waals surface area contributed by atoms with E-state index in [0.717, 1.165) is 73.8 Å². The van der Waals surface area contributed by atoms with Gasteiger partial charge in [0.2, 0.25) is 4.80 Å². The van der Waals surface area contributed by atoms with Crippen molar-refractivity contribution in [1.82, 2.24) is 9.36 Å². The Balaban J connectivity index is 0.000000210. The Hall–Kier alpha value is -4.04. The van der Waals surface area contributed by atoms with Crippen molar-refractivity contribution in [3.05, 3.63) is 71.7 Å². The van der Waals surface area contributed by atoms with E-state index in [4.69, 9.17) is 53.5 Å². The maximum atomic E-state index is 14.3. The number of aromatic nitrogens is 2. The lowest BCUT2D eigenvalue weighted by molar-refractivity contribution is -0.138. The molecular formula is C36H42Cl2F2N5O11PS2. The van der Waals surface area contributed by atoms with Crippen molar-refractivity contribution in [3.63, 3.8) is 0 Å². The first-order valence-electron chi connectivity index (χ1n) is 18.0. The molecule has 1 saturated heterocycles. The standard InChI is InChI=1S/C17H17ClFNO4.C14H13ClFN3O3S2.C5H12NO4P/c1-9(2)15-16(21)20(17(22)24-15)13-8-14(11(18)7-12(13)19)23-10-5-3-4-6-10;15-8-5-9(16)10(6-11(8)23-7-12(20)21)17-13-18-3-1-2-4-19(18)14(22)24-13;1-11(9,10)3-2-4(6)5(7)8/h7-8,10H,3-6H2,1-2H3;5-6H,1-4,7H2,(H,20,21);4H,2-3,6H2,1H3,(H,7,8)(H,9,10). The summed E-state index contributed by atoms with van der Waals surface area (Å²) < 4.78 is 53.2. The van der Waals surface area contributed by atoms with Gasteiger partial charge in [0.1, 0.15) is 29.1 Å². The highest BCUT2D eigenvalue weighted by Crippen LogP contribution is 2.38. The van der Waals surface area contributed by atoms with Crippen LogP contribution in [0.15, 0.2) is 50.3 Å². The van der Waals surface area contributed by atoms with E-state index in [1.807, 2.05) is 0 Å². The van der Waals surface area contributed by atoms with Crippen molar-refractivity contribution in [3.8, 4) is 5.75 Å². The van der Waals surface area contributed by atoms with Crippen LogP contribution in [0.3, 0.4) is 0 Å². The second kappa shape index (κ2) is 21.0. The molecule has 3 aliphatic rings. The molecule has 5 N–H and O–H groups in total. The fourth-order valence-corrected chi connectivity index (χ4v) is 8.55. The highest BCUT2D eigenvalue weighted by Gasteiger charge is 2.40. The molecule has 2 atom stereocenters. The lowest BCUT2D eigenvalue weighted by Crippen LogP contribution is -2.31. The second-order valence-corrected chi connectivity index (χ2v) is 19.0. The smallest absolute Gasteiger partial charge is 0.427 e. The van der Waals surface area contributed by atoms with E-state index in [2.05, 4.69) is 4.99 Å². The number of carbonyl (C=O) groups is 4. The van der Waals surface area contributed by atoms with E-state index in [1.54, 1.807) is 23.2 Å². The maximum Gasteiger partial charge on any atom is 0.427 e. The lowest BCUT2D eigenvalue weighted by Gasteiger charge is -2.18. The van der Waals surface area contributed by atoms with Crippen LogP contribution in [-0.4, -0.2) is 79.1 Å². The SMILES string of the molecule is CC(C)=C1OC(=O)N(c2cc(OC3CCCC3)c(Cl)cc2F)C1=O.CP(=O)(O)CCC(N)C(=O)O.O=C(O)CSc1cc(N=c2sc(=O)n3n2CCCC3)c(F)cc1Cl. The molecule has 6 rings (SSSR count). The van der Waals surface area contributed by atoms with E-state index in [1.165, 1.54) is 18.8 Å². The molecule has 2 aromatic carbocycles. The van der Waals surface area contributed by atoms with E-state index in [0.29, 0.717) is 33.3 Å². The number of nitrogens with two attached hydrogens (primary N) is 1. The zero-order valence-corrected chi connectivity index (χ0v) is 36.0. The predicted octanol–water partition coefficient (Wildman–Crippen LogP) is 6.97. The Kier molecular flexibility index (Phi) is 16.9. The number of allylic oxidation sites excluding steroid dienone is 1. The third kappa shape index (κ3) is 13.2. The molecule has 2 aliphatic heterocycles. The van der Waals surface area contributed by atoms with Crippen LogP contribution in [0.25, 0.3) is 0 Å². The molecule has 1 aromatic heterocycles. The summed E-state index contributed by atoms with van der Waals surface area (Å²) in [7, 11) is -3.10. The molecule has 0 radical (unpaired) electrons. The number of aliphatic carboxylic acids is 2. The summed E-state index contributed by atoms with van der Waals surface area (Å²) >= 11 is 14.0. The number of anilines is 1. The molecule has 2 unspecified atom stereocenters. The van der Waals surface area contributed by atoms with Gasteiger partial charge in [0.25, 0.3) is 0 Å². The predicted molar refractivity (Wildman–Crippen MR) is 218 cm³/mol. The van der Waals surface area contributed by atoms with Crippen LogP contribution in [0.2, 0.25) is 10.0 Å². The molecule has 0 spiro atoms. The zero-order valence-electron chi connectivity index (χ0n) is 32.0. The molecule has 3 aromatic rings. The largest absolute Gasteiger partial charge is 0.489 e. The van der Waals surface area contributed by atoms with Gasteiger partial charge in [0.15, 0.2) is 13.1 Å². The number of fused-ring (bicyclic) bond motifs is 1. The lowest BCUT2D eigenvalue weighted by atomic mass is 10.2. The topological polar surface area (TPSA) is 233 Å². The van der Waals surface area contributed by atoms with Crippen LogP contribution < -0.4 is 25.0 Å². The van der Waals surface area contributed by atoms with Gasteiger partial charge in [-0.1, -0.05) is 23.2 Å². The third-order valence-electron chi connectivity index (χ3n) is 8.69. The van der Waals surface area contributed by atoms with Gasteiger partial charge in [-0.3, -0.25) is 28.4 Å². The average Bonchev–Trinajstić information content (AvgIpc) is 3.87. The Morgan fingerprint density at radius 2 is 1.66 bits per heavy atom. The van der Waals surface area contributed by atoms with Crippen LogP contribution in [0.4, 0.5) is 25.0 Å². The first-order valence-corrected chi connectivity index (χ1v) is 22.9. The van der Waals surface area contributed by atoms with Crippen LogP contribution in [0.5, 0.6) is 5.75 Å². The molecule has 3 heterocycles. The highest BCUT2D eigenvalue weighted by atomic mass is 35.5. The summed E-state index contributed by atoms with van der Waals surface area (Å²) in [6, 6.07) is 3.82. The van der Waals surface area contributed by atoms with Crippen LogP contribution in [-0.2, 0) is 36.8 Å². The first-order chi connectivity index (χ1) is 27.7. The van der Waals surface area contributed by atoms with Gasteiger partial charge in [0, 0.05) is 36.9 Å². The molecule has 0 bridgehead atoms. The van der Waals surface area contributed by atoms with Gasteiger partial charge in [-0.25, -0.2) is 28.1 Å². The Labute approximate surface area is 354 Å². The number of halogens is 4. The molecule has 2 fully saturated rings. The van der Waals surface area contributed by atoms with Gasteiger partial charge < -0.3 is 30.3 Å². The van der Waals surface area contributed by atoms with Crippen LogP contribution in [0.1, 0.15) is 58.8 Å². The maximum absolute atomic E-state index is 14.3. The van der Waals surface area contributed by atoms with E-state index < -0.39 is 49.0 Å². The van der Waals surface area contributed by atoms with Crippen molar-refractivity contribution in [1.29, 1.82) is 0 Å². The van der Waals surface area contributed by atoms with E-state index in [9.17, 15) is 37.3 Å². The number of hydrogen-bond acceptors (Lipinski definition) is 12. The van der Waals surface area contributed by atoms with Gasteiger partial charge >= 0.3 is 28.8 Å². The minimum Gasteiger partial charge on any atom is -0.489 e. The second-order valence-electron chi connectivity index (χ2n) is 13.7. The molecule has 23 heteroatoms. The van der Waals surface area contributed by atoms with Crippen molar-refractivity contribution in [2.24, 2.45) is 10.7 Å². The quantitative estimate of drug-likeness (QED) is 0.0865. The summed E-state index contributed by atoms with van der Waals surface area (Å²) in [5, 5.41) is 17.3. The number of imide groups is 1. The third-order valence-corrected chi connectivity index (χ3v) is 12.4. The number of hydrogen-bond donors (Lipinski definition) is 4. The summed E-state index contributed by atoms with van der Waals surface area (Å²) in [5.41, 5.74) is 5.44. The van der Waals surface area contributed by atoms with Crippen molar-refractivity contribution in [2.45, 2.75) is 88.9 Å². The number of amides is 2. The van der Waals surface area contributed by atoms with Gasteiger partial charge in [-0.2, -0.15) is 0 Å². The van der Waals surface area contributed by atoms with Crippen LogP contribution in [0, 0.1) is 11.6 Å². The van der Waals surface area contributed by atoms with Crippen molar-refractivity contribution < 1.29 is 57.1 Å². The van der Waals surface area contributed by atoms with Gasteiger partial charge in [-0.15, -0.1) is 11.8 Å². The number of cyclic esters (lactones) is 1. The molecular weight excluding hydrogens is 882 g/mol. The number of carboxylic acid groups (broad SMARTS) is 2. The normalized spacial score (nSPS) is 16.9. The van der Waals surface area contributed by atoms with Gasteiger partial charge in [0.05, 0.1) is 27.6 Å². The van der Waals surface area contributed by atoms with E-state index in [-0.39, 0.29) is 62.2 Å². The minimum absolute atomic E-state index is 0.00962. The number of thioether (sulfide) groups is 1. The molecule has 322 valence electrons. The van der Waals surface area contributed by atoms with E-state index >= 15 is 0 Å². The van der Waals surface area contributed by atoms with Crippen molar-refractivity contribution in [2.75, 3.05) is 23.5 Å². The Morgan fingerprint density at radius 3 is 2.24 bits per heavy atom. The summed E-state index contributed by atoms with van der Waals surface area (Å²) in [4.78, 5) is 71.5. The number of carboxylic acids is 2. The number of benzene rings is 2. The van der Waals surface area contributed by atoms with Crippen LogP contribution >= 0.6 is 53.7 Å². The highest BCUT2D eigenvalue weighted by molar-refractivity contribution is 8.00. The molecule has 1 aliphatic carbocycles. The number of rotatable bonds is 11. The molecule has 1 saturated carbocycles. The summed E-state index contributed by atoms with van der Waals surface area (Å²) in [6.07, 6.45) is 4.87. The first kappa shape index (κ1) is 47.6. The number of ether oxygens (including phenoxy) is 2. The summed E-state index contributed by atoms with van der Waals surface area (Å²) in [6.45, 7) is 5.75. The Morgan fingerprint density at radius 1 is 1.03 bits per heavy atom. The van der Waals surface area contributed by atoms with Gasteiger partial charge in [-0.05, 0) is 93.9 Å². The molecule has 59 heavy (non-hydrogen) atoms. The summed E-state index contributed by atoms with van der Waals surface area (Å²) in [5.74, 6) is -4.26. The fraction of sp³-hybridized carbons (Fsp3) is 0.444. The number of nitrogens with zero attached hydrogens (tertiary/aromatic N) is 4. The molecule has 16 nitrogen and oxygen atoms in total. The monoisotopic (exact) mass is 923 g/mol. The Bertz CT molecular complexity index is 2300. The molecule has 2 amide bonds. The number of carbonyl (C=O) groups excluding carboxylic acids is 2. The van der Waals surface area contributed by atoms with Crippen molar-refractivity contribution >= 4 is 89.0 Å². The fourth-order valence-electron chi connectivity index (χ4n) is 5.73.